The minimum Gasteiger partial charge on any atom is -0.494 e. The highest BCUT2D eigenvalue weighted by atomic mass is 16.5. The molecule has 0 amide bonds. The van der Waals surface area contributed by atoms with Crippen molar-refractivity contribution in [3.05, 3.63) is 82.1 Å². The molecule has 0 spiro atoms. The van der Waals surface area contributed by atoms with E-state index in [2.05, 4.69) is 16.0 Å². The van der Waals surface area contributed by atoms with Crippen molar-refractivity contribution in [2.75, 3.05) is 13.2 Å². The van der Waals surface area contributed by atoms with Crippen molar-refractivity contribution in [1.82, 2.24) is 9.97 Å². The van der Waals surface area contributed by atoms with Gasteiger partial charge in [0.05, 0.1) is 35.3 Å². The summed E-state index contributed by atoms with van der Waals surface area (Å²) in [6.07, 6.45) is 1.51. The number of carbonyl (C=O) groups excluding carboxylic acids is 1. The number of fused-ring (bicyclic) bond motifs is 1. The summed E-state index contributed by atoms with van der Waals surface area (Å²) >= 11 is 0. The number of rotatable bonds is 7. The van der Waals surface area contributed by atoms with Crippen molar-refractivity contribution in [3.8, 4) is 23.1 Å². The molecule has 0 bridgehead atoms. The van der Waals surface area contributed by atoms with Crippen LogP contribution in [0, 0.1) is 11.3 Å². The second-order valence-electron chi connectivity index (χ2n) is 7.20. The molecule has 0 aliphatic carbocycles. The molecule has 2 aromatic carbocycles. The van der Waals surface area contributed by atoms with Crippen LogP contribution in [0.1, 0.15) is 35.8 Å². The van der Waals surface area contributed by atoms with Gasteiger partial charge in [-0.05, 0) is 56.3 Å². The Hall–Kier alpha value is -4.64. The average Bonchev–Trinajstić information content (AvgIpc) is 3.32. The molecule has 170 valence electrons. The normalized spacial score (nSPS) is 11.3. The van der Waals surface area contributed by atoms with Crippen LogP contribution < -0.4 is 10.3 Å². The molecule has 0 fully saturated rings. The molecule has 0 saturated carbocycles. The Morgan fingerprint density at radius 1 is 1.12 bits per heavy atom. The maximum Gasteiger partial charge on any atom is 0.338 e. The lowest BCUT2D eigenvalue weighted by molar-refractivity contribution is 0.0526. The molecule has 0 aliphatic rings. The number of hydrogen-bond acceptors (Lipinski definition) is 7. The number of aromatic nitrogens is 2. The summed E-state index contributed by atoms with van der Waals surface area (Å²) in [5.41, 5.74) is 1.43. The number of esters is 1. The fraction of sp³-hybridized carbons (Fsp3) is 0.154. The van der Waals surface area contributed by atoms with Gasteiger partial charge in [-0.1, -0.05) is 12.1 Å². The maximum atomic E-state index is 12.6. The molecule has 4 rings (SSSR count). The summed E-state index contributed by atoms with van der Waals surface area (Å²) in [5.74, 6) is 1.30. The summed E-state index contributed by atoms with van der Waals surface area (Å²) < 4.78 is 16.3. The van der Waals surface area contributed by atoms with Crippen LogP contribution in [0.3, 0.4) is 0 Å². The van der Waals surface area contributed by atoms with Gasteiger partial charge in [-0.3, -0.25) is 4.79 Å². The van der Waals surface area contributed by atoms with E-state index in [4.69, 9.17) is 13.9 Å². The molecule has 34 heavy (non-hydrogen) atoms. The van der Waals surface area contributed by atoms with Gasteiger partial charge >= 0.3 is 5.97 Å². The number of ether oxygens (including phenoxy) is 2. The van der Waals surface area contributed by atoms with Crippen LogP contribution in [0.5, 0.6) is 5.75 Å². The molecule has 2 aromatic heterocycles. The molecule has 8 heteroatoms. The van der Waals surface area contributed by atoms with Crippen molar-refractivity contribution in [2.24, 2.45) is 0 Å². The van der Waals surface area contributed by atoms with Crippen molar-refractivity contribution in [2.45, 2.75) is 13.8 Å². The second-order valence-corrected chi connectivity index (χ2v) is 7.20. The molecule has 1 N–H and O–H groups in total. The number of nitriles is 1. The first-order valence-electron chi connectivity index (χ1n) is 10.7. The molecule has 2 heterocycles. The smallest absolute Gasteiger partial charge is 0.338 e. The van der Waals surface area contributed by atoms with E-state index in [0.29, 0.717) is 47.0 Å². The Morgan fingerprint density at radius 2 is 1.91 bits per heavy atom. The molecule has 0 saturated heterocycles. The van der Waals surface area contributed by atoms with Crippen molar-refractivity contribution in [1.29, 1.82) is 5.26 Å². The summed E-state index contributed by atoms with van der Waals surface area (Å²) in [6.45, 7) is 4.40. The van der Waals surface area contributed by atoms with Crippen LogP contribution in [0.15, 0.2) is 63.8 Å². The first-order valence-corrected chi connectivity index (χ1v) is 10.7. The largest absolute Gasteiger partial charge is 0.494 e. The third-order valence-electron chi connectivity index (χ3n) is 4.96. The summed E-state index contributed by atoms with van der Waals surface area (Å²) in [4.78, 5) is 31.5. The van der Waals surface area contributed by atoms with Crippen LogP contribution in [0.4, 0.5) is 0 Å². The fourth-order valence-corrected chi connectivity index (χ4v) is 3.37. The van der Waals surface area contributed by atoms with E-state index in [9.17, 15) is 14.9 Å². The van der Waals surface area contributed by atoms with Gasteiger partial charge in [0.1, 0.15) is 23.3 Å². The van der Waals surface area contributed by atoms with Crippen molar-refractivity contribution >= 4 is 28.5 Å². The summed E-state index contributed by atoms with van der Waals surface area (Å²) in [5, 5.41) is 10.1. The zero-order valence-electron chi connectivity index (χ0n) is 18.6. The Kier molecular flexibility index (Phi) is 6.55. The van der Waals surface area contributed by atoms with Crippen LogP contribution in [-0.4, -0.2) is 29.2 Å². The van der Waals surface area contributed by atoms with Gasteiger partial charge in [0.25, 0.3) is 5.56 Å². The molecular weight excluding hydrogens is 434 g/mol. The lowest BCUT2D eigenvalue weighted by Gasteiger charge is -2.05. The molecule has 0 aliphatic heterocycles. The van der Waals surface area contributed by atoms with E-state index in [1.54, 1.807) is 61.5 Å². The van der Waals surface area contributed by atoms with Gasteiger partial charge in [-0.15, -0.1) is 0 Å². The molecule has 8 nitrogen and oxygen atoms in total. The number of nitrogens with zero attached hydrogens (tertiary/aromatic N) is 2. The Labute approximate surface area is 195 Å². The zero-order chi connectivity index (χ0) is 24.1. The molecule has 0 radical (unpaired) electrons. The van der Waals surface area contributed by atoms with Crippen LogP contribution in [0.2, 0.25) is 0 Å². The number of nitrogens with one attached hydrogen (secondary N) is 1. The minimum absolute atomic E-state index is 0.140. The van der Waals surface area contributed by atoms with Gasteiger partial charge in [-0.25, -0.2) is 9.78 Å². The molecule has 0 unspecified atom stereocenters. The number of aromatic amines is 1. The predicted molar refractivity (Wildman–Crippen MR) is 127 cm³/mol. The number of H-pyrrole nitrogens is 1. The Bertz CT molecular complexity index is 1470. The van der Waals surface area contributed by atoms with E-state index in [-0.39, 0.29) is 22.9 Å². The van der Waals surface area contributed by atoms with Gasteiger partial charge < -0.3 is 18.9 Å². The van der Waals surface area contributed by atoms with Gasteiger partial charge in [0, 0.05) is 11.6 Å². The summed E-state index contributed by atoms with van der Waals surface area (Å²) in [6, 6.07) is 17.4. The molecular formula is C26H21N3O5. The fourth-order valence-electron chi connectivity index (χ4n) is 3.37. The Balaban J connectivity index is 1.62. The minimum atomic E-state index is -0.387. The lowest BCUT2D eigenvalue weighted by atomic mass is 10.1. The first-order chi connectivity index (χ1) is 16.5. The van der Waals surface area contributed by atoms with Crippen LogP contribution >= 0.6 is 0 Å². The van der Waals surface area contributed by atoms with Crippen LogP contribution in [-0.2, 0) is 4.74 Å². The topological polar surface area (TPSA) is 118 Å². The second kappa shape index (κ2) is 9.88. The highest BCUT2D eigenvalue weighted by Crippen LogP contribution is 2.25. The highest BCUT2D eigenvalue weighted by molar-refractivity contribution is 5.90. The van der Waals surface area contributed by atoms with E-state index >= 15 is 0 Å². The quantitative estimate of drug-likeness (QED) is 0.313. The third kappa shape index (κ3) is 4.74. The van der Waals surface area contributed by atoms with Crippen molar-refractivity contribution < 1.29 is 18.7 Å². The monoisotopic (exact) mass is 455 g/mol. The first kappa shape index (κ1) is 22.6. The SMILES string of the molecule is CCOC(=O)c1ccc(-c2ccc(/C=C(/C#N)c3nc4ccc(OCC)cc4c(=O)[nH]3)o2)cc1. The maximum absolute atomic E-state index is 12.6. The number of carbonyl (C=O) groups is 1. The van der Waals surface area contributed by atoms with E-state index in [0.717, 1.165) is 5.56 Å². The standard InChI is InChI=1S/C26H21N3O5/c1-3-32-19-9-11-22-21(14-19)25(30)29-24(28-22)18(15-27)13-20-10-12-23(34-20)16-5-7-17(8-6-16)26(31)33-4-2/h5-14H,3-4H2,1-2H3,(H,28,29,30)/b18-13-. The Morgan fingerprint density at radius 3 is 2.62 bits per heavy atom. The lowest BCUT2D eigenvalue weighted by Crippen LogP contribution is -2.11. The van der Waals surface area contributed by atoms with E-state index in [1.165, 1.54) is 6.08 Å². The van der Waals surface area contributed by atoms with E-state index in [1.807, 2.05) is 6.92 Å². The van der Waals surface area contributed by atoms with Crippen molar-refractivity contribution in [3.63, 3.8) is 0 Å². The molecule has 4 aromatic rings. The molecule has 0 atom stereocenters. The van der Waals surface area contributed by atoms with Gasteiger partial charge in [0.2, 0.25) is 0 Å². The van der Waals surface area contributed by atoms with Gasteiger partial charge in [0.15, 0.2) is 5.82 Å². The van der Waals surface area contributed by atoms with Crippen LogP contribution in [0.25, 0.3) is 33.9 Å². The predicted octanol–water partition coefficient (Wildman–Crippen LogP) is 4.82. The zero-order valence-corrected chi connectivity index (χ0v) is 18.6. The van der Waals surface area contributed by atoms with Gasteiger partial charge in [-0.2, -0.15) is 5.26 Å². The number of furan rings is 1. The summed E-state index contributed by atoms with van der Waals surface area (Å²) in [7, 11) is 0. The number of benzene rings is 2. The third-order valence-corrected chi connectivity index (χ3v) is 4.96. The number of hydrogen-bond donors (Lipinski definition) is 1. The number of allylic oxidation sites excluding steroid dienone is 1. The average molecular weight is 455 g/mol. The van der Waals surface area contributed by atoms with E-state index < -0.39 is 0 Å². The highest BCUT2D eigenvalue weighted by Gasteiger charge is 2.12.